The third kappa shape index (κ3) is 4.92. The van der Waals surface area contributed by atoms with Gasteiger partial charge in [0.25, 0.3) is 0 Å². The number of para-hydroxylation sites is 2. The fourth-order valence-electron chi connectivity index (χ4n) is 2.78. The van der Waals surface area contributed by atoms with Crippen LogP contribution in [0, 0.1) is 6.92 Å². The Bertz CT molecular complexity index is 792. The summed E-state index contributed by atoms with van der Waals surface area (Å²) in [6.07, 6.45) is 0. The molecule has 0 saturated carbocycles. The lowest BCUT2D eigenvalue weighted by molar-refractivity contribution is -0.120. The maximum absolute atomic E-state index is 12.7. The summed E-state index contributed by atoms with van der Waals surface area (Å²) in [4.78, 5) is 14.7. The van der Waals surface area contributed by atoms with Gasteiger partial charge < -0.3 is 19.5 Å². The Morgan fingerprint density at radius 1 is 1.04 bits per heavy atom. The van der Waals surface area contributed by atoms with Gasteiger partial charge in [-0.1, -0.05) is 12.1 Å². The second kappa shape index (κ2) is 9.28. The first kappa shape index (κ1) is 20.6. The molecule has 0 saturated heterocycles. The Labute approximate surface area is 161 Å². The van der Waals surface area contributed by atoms with E-state index in [9.17, 15) is 4.79 Å². The Kier molecular flexibility index (Phi) is 7.07. The Morgan fingerprint density at radius 2 is 1.63 bits per heavy atom. The standard InChI is InChI=1S/C21H28N2O4/c1-14-11-19(26-5)20(27-6)12-16(14)13-23(3)15(2)21(24)22-17-9-7-8-10-18(17)25-4/h7-12,15H,13H2,1-6H3,(H,22,24)/t15-/m0/s1. The topological polar surface area (TPSA) is 60.0 Å². The van der Waals surface area contributed by atoms with Crippen molar-refractivity contribution >= 4 is 11.6 Å². The Hall–Kier alpha value is -2.73. The van der Waals surface area contributed by atoms with Crippen LogP contribution in [0.1, 0.15) is 18.1 Å². The summed E-state index contributed by atoms with van der Waals surface area (Å²) in [6, 6.07) is 10.9. The molecule has 146 valence electrons. The van der Waals surface area contributed by atoms with Gasteiger partial charge in [-0.2, -0.15) is 0 Å². The van der Waals surface area contributed by atoms with Crippen LogP contribution in [-0.2, 0) is 11.3 Å². The lowest BCUT2D eigenvalue weighted by Gasteiger charge is -2.25. The number of methoxy groups -OCH3 is 3. The van der Waals surface area contributed by atoms with Crippen LogP contribution in [0.4, 0.5) is 5.69 Å². The number of likely N-dealkylation sites (N-methyl/N-ethyl adjacent to an activating group) is 1. The molecule has 0 heterocycles. The van der Waals surface area contributed by atoms with Crippen LogP contribution in [0.15, 0.2) is 36.4 Å². The summed E-state index contributed by atoms with van der Waals surface area (Å²) in [7, 11) is 6.74. The molecule has 0 aliphatic carbocycles. The van der Waals surface area contributed by atoms with Crippen LogP contribution in [-0.4, -0.2) is 45.2 Å². The van der Waals surface area contributed by atoms with E-state index in [2.05, 4.69) is 5.32 Å². The van der Waals surface area contributed by atoms with Gasteiger partial charge in [0.15, 0.2) is 11.5 Å². The molecule has 6 nitrogen and oxygen atoms in total. The summed E-state index contributed by atoms with van der Waals surface area (Å²) in [5, 5.41) is 2.93. The number of carbonyl (C=O) groups is 1. The molecule has 1 amide bonds. The monoisotopic (exact) mass is 372 g/mol. The van der Waals surface area contributed by atoms with E-state index in [0.717, 1.165) is 11.1 Å². The van der Waals surface area contributed by atoms with Gasteiger partial charge in [0.1, 0.15) is 5.75 Å². The van der Waals surface area contributed by atoms with Gasteiger partial charge in [-0.3, -0.25) is 9.69 Å². The predicted molar refractivity (Wildman–Crippen MR) is 107 cm³/mol. The van der Waals surface area contributed by atoms with E-state index in [1.807, 2.05) is 62.2 Å². The number of nitrogens with zero attached hydrogens (tertiary/aromatic N) is 1. The third-order valence-corrected chi connectivity index (χ3v) is 4.67. The molecule has 1 atom stereocenters. The second-order valence-electron chi connectivity index (χ2n) is 6.41. The quantitative estimate of drug-likeness (QED) is 0.769. The lowest BCUT2D eigenvalue weighted by atomic mass is 10.1. The first-order chi connectivity index (χ1) is 12.9. The number of benzene rings is 2. The van der Waals surface area contributed by atoms with Crippen molar-refractivity contribution in [1.82, 2.24) is 4.90 Å². The zero-order chi connectivity index (χ0) is 20.0. The van der Waals surface area contributed by atoms with Crippen LogP contribution in [0.3, 0.4) is 0 Å². The van der Waals surface area contributed by atoms with Crippen LogP contribution in [0.2, 0.25) is 0 Å². The van der Waals surface area contributed by atoms with Gasteiger partial charge in [-0.15, -0.1) is 0 Å². The molecule has 0 aliphatic rings. The molecule has 27 heavy (non-hydrogen) atoms. The lowest BCUT2D eigenvalue weighted by Crippen LogP contribution is -2.39. The molecule has 2 aromatic carbocycles. The molecular formula is C21H28N2O4. The highest BCUT2D eigenvalue weighted by atomic mass is 16.5. The highest BCUT2D eigenvalue weighted by Gasteiger charge is 2.20. The van der Waals surface area contributed by atoms with Crippen molar-refractivity contribution < 1.29 is 19.0 Å². The molecular weight excluding hydrogens is 344 g/mol. The Morgan fingerprint density at radius 3 is 2.26 bits per heavy atom. The maximum Gasteiger partial charge on any atom is 0.241 e. The second-order valence-corrected chi connectivity index (χ2v) is 6.41. The summed E-state index contributed by atoms with van der Waals surface area (Å²) in [6.45, 7) is 4.50. The largest absolute Gasteiger partial charge is 0.495 e. The maximum atomic E-state index is 12.7. The van der Waals surface area contributed by atoms with Gasteiger partial charge in [-0.25, -0.2) is 0 Å². The van der Waals surface area contributed by atoms with Crippen LogP contribution in [0.5, 0.6) is 17.2 Å². The molecule has 1 N–H and O–H groups in total. The van der Waals surface area contributed by atoms with E-state index in [1.54, 1.807) is 21.3 Å². The first-order valence-electron chi connectivity index (χ1n) is 8.76. The van der Waals surface area contributed by atoms with Gasteiger partial charge in [0, 0.05) is 6.54 Å². The Balaban J connectivity index is 2.11. The van der Waals surface area contributed by atoms with Crippen LogP contribution >= 0.6 is 0 Å². The number of anilines is 1. The number of carbonyl (C=O) groups excluding carboxylic acids is 1. The van der Waals surface area contributed by atoms with Crippen molar-refractivity contribution in [2.75, 3.05) is 33.7 Å². The minimum absolute atomic E-state index is 0.0971. The summed E-state index contributed by atoms with van der Waals surface area (Å²) < 4.78 is 16.0. The van der Waals surface area contributed by atoms with Gasteiger partial charge in [0.05, 0.1) is 33.1 Å². The van der Waals surface area contributed by atoms with Gasteiger partial charge in [-0.05, 0) is 56.3 Å². The van der Waals surface area contributed by atoms with Crippen molar-refractivity contribution in [3.05, 3.63) is 47.5 Å². The SMILES string of the molecule is COc1ccccc1NC(=O)[C@H](C)N(C)Cc1cc(OC)c(OC)cc1C. The van der Waals surface area contributed by atoms with Crippen molar-refractivity contribution in [1.29, 1.82) is 0 Å². The average molecular weight is 372 g/mol. The van der Waals surface area contributed by atoms with Crippen molar-refractivity contribution in [3.8, 4) is 17.2 Å². The fraction of sp³-hybridized carbons (Fsp3) is 0.381. The molecule has 0 aliphatic heterocycles. The number of hydrogen-bond donors (Lipinski definition) is 1. The van der Waals surface area contributed by atoms with Crippen molar-refractivity contribution in [2.24, 2.45) is 0 Å². The normalized spacial score (nSPS) is 11.8. The van der Waals surface area contributed by atoms with Crippen LogP contribution in [0.25, 0.3) is 0 Å². The molecule has 0 spiro atoms. The number of hydrogen-bond acceptors (Lipinski definition) is 5. The van der Waals surface area contributed by atoms with Crippen LogP contribution < -0.4 is 19.5 Å². The number of amides is 1. The number of nitrogens with one attached hydrogen (secondary N) is 1. The zero-order valence-electron chi connectivity index (χ0n) is 16.8. The molecule has 2 aromatic rings. The van der Waals surface area contributed by atoms with Crippen molar-refractivity contribution in [3.63, 3.8) is 0 Å². The predicted octanol–water partition coefficient (Wildman–Crippen LogP) is 3.48. The van der Waals surface area contributed by atoms with Gasteiger partial charge in [0.2, 0.25) is 5.91 Å². The molecule has 0 radical (unpaired) electrons. The zero-order valence-corrected chi connectivity index (χ0v) is 16.8. The molecule has 6 heteroatoms. The summed E-state index contributed by atoms with van der Waals surface area (Å²) in [5.41, 5.74) is 2.82. The first-order valence-corrected chi connectivity index (χ1v) is 8.76. The van der Waals surface area contributed by atoms with Gasteiger partial charge >= 0.3 is 0 Å². The molecule has 0 aromatic heterocycles. The van der Waals surface area contributed by atoms with E-state index in [1.165, 1.54) is 0 Å². The molecule has 0 bridgehead atoms. The fourth-order valence-corrected chi connectivity index (χ4v) is 2.78. The average Bonchev–Trinajstić information content (AvgIpc) is 2.68. The molecule has 2 rings (SSSR count). The highest BCUT2D eigenvalue weighted by Crippen LogP contribution is 2.31. The third-order valence-electron chi connectivity index (χ3n) is 4.67. The van der Waals surface area contributed by atoms with E-state index in [4.69, 9.17) is 14.2 Å². The van der Waals surface area contributed by atoms with E-state index in [-0.39, 0.29) is 11.9 Å². The summed E-state index contributed by atoms with van der Waals surface area (Å²) in [5.74, 6) is 1.91. The highest BCUT2D eigenvalue weighted by molar-refractivity contribution is 5.95. The molecule has 0 fully saturated rings. The minimum atomic E-state index is -0.331. The summed E-state index contributed by atoms with van der Waals surface area (Å²) >= 11 is 0. The number of ether oxygens (including phenoxy) is 3. The number of aryl methyl sites for hydroxylation is 1. The minimum Gasteiger partial charge on any atom is -0.495 e. The number of rotatable bonds is 8. The molecule has 0 unspecified atom stereocenters. The van der Waals surface area contributed by atoms with E-state index in [0.29, 0.717) is 29.5 Å². The smallest absolute Gasteiger partial charge is 0.241 e. The van der Waals surface area contributed by atoms with Crippen molar-refractivity contribution in [2.45, 2.75) is 26.4 Å². The van der Waals surface area contributed by atoms with E-state index < -0.39 is 0 Å². The van der Waals surface area contributed by atoms with E-state index >= 15 is 0 Å².